The predicted molar refractivity (Wildman–Crippen MR) is 124 cm³/mol. The van der Waals surface area contributed by atoms with Crippen molar-refractivity contribution in [2.45, 2.75) is 51.0 Å². The Balaban J connectivity index is 1.41. The topological polar surface area (TPSA) is 92.5 Å². The van der Waals surface area contributed by atoms with Crippen molar-refractivity contribution < 1.29 is 4.42 Å². The number of anilines is 1. The van der Waals surface area contributed by atoms with Crippen LogP contribution in [0.15, 0.2) is 41.3 Å². The Labute approximate surface area is 191 Å². The molecule has 3 saturated carbocycles. The van der Waals surface area contributed by atoms with Crippen LogP contribution in [0.1, 0.15) is 44.9 Å². The molecule has 8 heteroatoms. The number of hydrogen-bond acceptors (Lipinski definition) is 6. The van der Waals surface area contributed by atoms with Crippen molar-refractivity contribution in [1.82, 2.24) is 24.9 Å². The molecule has 0 amide bonds. The third-order valence-corrected chi connectivity index (χ3v) is 7.20. The van der Waals surface area contributed by atoms with Crippen molar-refractivity contribution in [1.29, 1.82) is 0 Å². The summed E-state index contributed by atoms with van der Waals surface area (Å²) < 4.78 is 5.65. The highest BCUT2D eigenvalue weighted by Crippen LogP contribution is 2.39. The molecule has 0 saturated heterocycles. The monoisotopic (exact) mass is 448 g/mol. The number of fused-ring (bicyclic) bond motifs is 6. The number of aromatic amines is 1. The third kappa shape index (κ3) is 3.75. The lowest BCUT2D eigenvalue weighted by atomic mass is 9.72. The maximum Gasteiger partial charge on any atom is 0.166 e. The molecule has 4 aromatic heterocycles. The van der Waals surface area contributed by atoms with Crippen LogP contribution in [0.4, 0.5) is 5.82 Å². The zero-order valence-corrected chi connectivity index (χ0v) is 18.5. The Morgan fingerprint density at radius 3 is 2.81 bits per heavy atom. The van der Waals surface area contributed by atoms with E-state index in [1.165, 1.54) is 51.1 Å². The summed E-state index contributed by atoms with van der Waals surface area (Å²) in [4.78, 5) is 21.6. The lowest BCUT2D eigenvalue weighted by Gasteiger charge is -2.38. The number of nitrogens with zero attached hydrogens (tertiary/aromatic N) is 4. The highest BCUT2D eigenvalue weighted by molar-refractivity contribution is 6.29. The fourth-order valence-corrected chi connectivity index (χ4v) is 5.49. The second-order valence-electron chi connectivity index (χ2n) is 8.99. The van der Waals surface area contributed by atoms with Gasteiger partial charge in [-0.1, -0.05) is 37.3 Å². The smallest absolute Gasteiger partial charge is 0.166 e. The lowest BCUT2D eigenvalue weighted by molar-refractivity contribution is 0.203. The zero-order valence-electron chi connectivity index (χ0n) is 17.7. The maximum atomic E-state index is 6.12. The van der Waals surface area contributed by atoms with Crippen LogP contribution in [0.5, 0.6) is 0 Å². The minimum Gasteiger partial charge on any atom is -0.463 e. The predicted octanol–water partition coefficient (Wildman–Crippen LogP) is 6.10. The van der Waals surface area contributed by atoms with Gasteiger partial charge in [-0.25, -0.2) is 19.9 Å². The van der Waals surface area contributed by atoms with Gasteiger partial charge in [-0.15, -0.1) is 0 Å². The average Bonchev–Trinajstić information content (AvgIpc) is 3.47. The van der Waals surface area contributed by atoms with E-state index in [0.717, 1.165) is 23.0 Å². The molecular formula is C24H25ClN6O. The van der Waals surface area contributed by atoms with E-state index in [1.54, 1.807) is 6.26 Å². The highest BCUT2D eigenvalue weighted by Gasteiger charge is 2.30. The van der Waals surface area contributed by atoms with Crippen LogP contribution in [-0.2, 0) is 0 Å². The van der Waals surface area contributed by atoms with Crippen LogP contribution in [0.25, 0.3) is 34.0 Å². The van der Waals surface area contributed by atoms with Gasteiger partial charge in [-0.2, -0.15) is 0 Å². The van der Waals surface area contributed by atoms with Crippen molar-refractivity contribution in [3.63, 3.8) is 0 Å². The molecule has 7 nitrogen and oxygen atoms in total. The second-order valence-corrected chi connectivity index (χ2v) is 9.38. The van der Waals surface area contributed by atoms with Crippen molar-refractivity contribution in [3.05, 3.63) is 42.0 Å². The molecule has 32 heavy (non-hydrogen) atoms. The first-order chi connectivity index (χ1) is 15.7. The summed E-state index contributed by atoms with van der Waals surface area (Å²) in [6.45, 7) is 0. The summed E-state index contributed by atoms with van der Waals surface area (Å²) in [6.07, 6.45) is 14.2. The molecule has 1 atom stereocenters. The Morgan fingerprint density at radius 1 is 1.06 bits per heavy atom. The quantitative estimate of drug-likeness (QED) is 0.392. The van der Waals surface area contributed by atoms with E-state index < -0.39 is 0 Å². The summed E-state index contributed by atoms with van der Waals surface area (Å²) >= 11 is 6.12. The Hall–Kier alpha value is -2.93. The van der Waals surface area contributed by atoms with Crippen LogP contribution in [0.2, 0.25) is 5.15 Å². The van der Waals surface area contributed by atoms with Gasteiger partial charge in [0.05, 0.1) is 18.0 Å². The minimum absolute atomic E-state index is 0.337. The van der Waals surface area contributed by atoms with Crippen molar-refractivity contribution in [2.24, 2.45) is 11.8 Å². The number of rotatable bonds is 4. The first kappa shape index (κ1) is 19.7. The standard InChI is InChI=1S/C24H25ClN6O/c25-20-13-27-24-22(30-20)16(12-26-24)23-29-18(19-5-2-10-32-19)11-21(31-23)28-17-4-1-3-14-6-8-15(17)9-7-14/h2,5,10-15,17H,1,3-4,6-9H2,(H,26,27)(H,28,29,31)/t14?,15?,17-/m1/s1. The van der Waals surface area contributed by atoms with E-state index in [4.69, 9.17) is 26.0 Å². The molecule has 4 aromatic rings. The number of aromatic nitrogens is 5. The van der Waals surface area contributed by atoms with Gasteiger partial charge in [0.15, 0.2) is 17.2 Å². The summed E-state index contributed by atoms with van der Waals surface area (Å²) in [6, 6.07) is 6.20. The van der Waals surface area contributed by atoms with Gasteiger partial charge in [-0.05, 0) is 43.2 Å². The molecule has 0 spiro atoms. The molecule has 4 heterocycles. The van der Waals surface area contributed by atoms with Crippen molar-refractivity contribution >= 4 is 28.6 Å². The number of nitrogens with one attached hydrogen (secondary N) is 2. The third-order valence-electron chi connectivity index (χ3n) is 7.01. The molecular weight excluding hydrogens is 424 g/mol. The van der Waals surface area contributed by atoms with Gasteiger partial charge in [-0.3, -0.25) is 0 Å². The minimum atomic E-state index is 0.337. The number of hydrogen-bond donors (Lipinski definition) is 2. The number of H-pyrrole nitrogens is 1. The Morgan fingerprint density at radius 2 is 1.97 bits per heavy atom. The lowest BCUT2D eigenvalue weighted by Crippen LogP contribution is -2.34. The van der Waals surface area contributed by atoms with Crippen LogP contribution in [0, 0.1) is 11.8 Å². The van der Waals surface area contributed by atoms with Gasteiger partial charge in [0.2, 0.25) is 0 Å². The SMILES string of the molecule is Clc1cnc2[nH]cc(-c3nc(N[C@@H]4CCCC5CCC4CC5)cc(-c4ccco4)n3)c2n1. The van der Waals surface area contributed by atoms with E-state index >= 15 is 0 Å². The molecule has 3 aliphatic carbocycles. The first-order valence-corrected chi connectivity index (χ1v) is 11.8. The van der Waals surface area contributed by atoms with Gasteiger partial charge in [0.1, 0.15) is 22.2 Å². The summed E-state index contributed by atoms with van der Waals surface area (Å²) in [5.74, 6) is 3.74. The van der Waals surface area contributed by atoms with Gasteiger partial charge >= 0.3 is 0 Å². The zero-order chi connectivity index (χ0) is 21.5. The van der Waals surface area contributed by atoms with Gasteiger partial charge < -0.3 is 14.7 Å². The fourth-order valence-electron chi connectivity index (χ4n) is 5.35. The number of furan rings is 1. The summed E-state index contributed by atoms with van der Waals surface area (Å²) in [5, 5.41) is 4.11. The normalized spacial score (nSPS) is 23.2. The molecule has 7 rings (SSSR count). The van der Waals surface area contributed by atoms with Crippen molar-refractivity contribution in [2.75, 3.05) is 5.32 Å². The van der Waals surface area contributed by atoms with Crippen LogP contribution in [0.3, 0.4) is 0 Å². The van der Waals surface area contributed by atoms with E-state index in [9.17, 15) is 0 Å². The van der Waals surface area contributed by atoms with Crippen LogP contribution in [-0.4, -0.2) is 31.0 Å². The molecule has 0 aromatic carbocycles. The highest BCUT2D eigenvalue weighted by atomic mass is 35.5. The summed E-state index contributed by atoms with van der Waals surface area (Å²) in [7, 11) is 0. The van der Waals surface area contributed by atoms with Gasteiger partial charge in [0, 0.05) is 18.3 Å². The molecule has 3 aliphatic rings. The molecule has 3 fully saturated rings. The van der Waals surface area contributed by atoms with Crippen LogP contribution >= 0.6 is 11.6 Å². The second kappa shape index (κ2) is 8.20. The summed E-state index contributed by atoms with van der Waals surface area (Å²) in [5.41, 5.74) is 2.82. The van der Waals surface area contributed by atoms with Crippen molar-refractivity contribution in [3.8, 4) is 22.8 Å². The number of halogens is 1. The first-order valence-electron chi connectivity index (χ1n) is 11.4. The molecule has 164 valence electrons. The Kier molecular flexibility index (Phi) is 5.06. The molecule has 2 bridgehead atoms. The molecule has 0 aliphatic heterocycles. The van der Waals surface area contributed by atoms with E-state index in [1.807, 2.05) is 24.4 Å². The Bertz CT molecular complexity index is 1230. The molecule has 2 N–H and O–H groups in total. The average molecular weight is 449 g/mol. The fraction of sp³-hybridized carbons (Fsp3) is 0.417. The molecule has 0 radical (unpaired) electrons. The maximum absolute atomic E-state index is 6.12. The largest absolute Gasteiger partial charge is 0.463 e. The van der Waals surface area contributed by atoms with Crippen LogP contribution < -0.4 is 5.32 Å². The molecule has 0 unspecified atom stereocenters. The van der Waals surface area contributed by atoms with E-state index in [-0.39, 0.29) is 0 Å². The van der Waals surface area contributed by atoms with E-state index in [0.29, 0.717) is 39.9 Å². The van der Waals surface area contributed by atoms with Gasteiger partial charge in [0.25, 0.3) is 0 Å². The van der Waals surface area contributed by atoms with E-state index in [2.05, 4.69) is 20.3 Å².